The van der Waals surface area contributed by atoms with Crippen LogP contribution in [0, 0.1) is 0 Å². The van der Waals surface area contributed by atoms with E-state index in [9.17, 15) is 9.59 Å². The molecule has 0 spiro atoms. The van der Waals surface area contributed by atoms with Crippen LogP contribution in [0.5, 0.6) is 0 Å². The fourth-order valence-corrected chi connectivity index (χ4v) is 1.48. The minimum atomic E-state index is -0.235. The maximum absolute atomic E-state index is 11.7. The first kappa shape index (κ1) is 12.7. The summed E-state index contributed by atoms with van der Waals surface area (Å²) in [4.78, 5) is 22.7. The molecule has 0 aliphatic carbocycles. The van der Waals surface area contributed by atoms with Gasteiger partial charge in [-0.25, -0.2) is 0 Å². The summed E-state index contributed by atoms with van der Waals surface area (Å²) in [7, 11) is 1.69. The van der Waals surface area contributed by atoms with Gasteiger partial charge in [0.15, 0.2) is 5.78 Å². The lowest BCUT2D eigenvalue weighted by Crippen LogP contribution is -2.20. The van der Waals surface area contributed by atoms with E-state index in [1.165, 1.54) is 6.92 Å². The van der Waals surface area contributed by atoms with E-state index >= 15 is 0 Å². The maximum atomic E-state index is 11.7. The summed E-state index contributed by atoms with van der Waals surface area (Å²) in [5.41, 5.74) is 0.897. The first-order chi connectivity index (χ1) is 7.54. The number of nitrogens with one attached hydrogen (secondary N) is 2. The molecule has 4 nitrogen and oxygen atoms in total. The van der Waals surface area contributed by atoms with Gasteiger partial charge in [0.05, 0.1) is 12.2 Å². The van der Waals surface area contributed by atoms with Crippen LogP contribution in [-0.4, -0.2) is 25.3 Å². The van der Waals surface area contributed by atoms with Crippen LogP contribution in [0.25, 0.3) is 0 Å². The molecular formula is C11H13ClN2O2. The third kappa shape index (κ3) is 3.32. The molecule has 86 valence electrons. The number of likely N-dealkylation sites (N-methyl/N-ethyl adjacent to an activating group) is 1. The zero-order chi connectivity index (χ0) is 12.1. The fraction of sp³-hybridized carbons (Fsp3) is 0.273. The molecule has 5 heteroatoms. The monoisotopic (exact) mass is 240 g/mol. The highest BCUT2D eigenvalue weighted by Gasteiger charge is 2.11. The van der Waals surface area contributed by atoms with Crippen LogP contribution in [0.2, 0.25) is 5.02 Å². The Hall–Kier alpha value is -1.39. The zero-order valence-corrected chi connectivity index (χ0v) is 9.89. The number of Topliss-reactive ketones (excluding diaryl/α,β-unsaturated/α-hetero) is 1. The average Bonchev–Trinajstić information content (AvgIpc) is 2.16. The van der Waals surface area contributed by atoms with Gasteiger partial charge >= 0.3 is 0 Å². The highest BCUT2D eigenvalue weighted by molar-refractivity contribution is 6.31. The normalized spacial score (nSPS) is 9.94. The minimum Gasteiger partial charge on any atom is -0.326 e. The lowest BCUT2D eigenvalue weighted by atomic mass is 10.1. The maximum Gasteiger partial charge on any atom is 0.221 e. The summed E-state index contributed by atoms with van der Waals surface area (Å²) in [6.07, 6.45) is 0. The highest BCUT2D eigenvalue weighted by atomic mass is 35.5. The predicted molar refractivity (Wildman–Crippen MR) is 64.0 cm³/mol. The van der Waals surface area contributed by atoms with E-state index < -0.39 is 0 Å². The van der Waals surface area contributed by atoms with Crippen molar-refractivity contribution in [3.8, 4) is 0 Å². The molecule has 2 N–H and O–H groups in total. The number of hydrogen-bond donors (Lipinski definition) is 2. The summed E-state index contributed by atoms with van der Waals surface area (Å²) < 4.78 is 0. The third-order valence-corrected chi connectivity index (χ3v) is 2.17. The van der Waals surface area contributed by atoms with E-state index in [4.69, 9.17) is 11.6 Å². The number of halogens is 1. The van der Waals surface area contributed by atoms with Gasteiger partial charge in [-0.15, -0.1) is 0 Å². The van der Waals surface area contributed by atoms with Crippen LogP contribution in [0.15, 0.2) is 18.2 Å². The van der Waals surface area contributed by atoms with Gasteiger partial charge in [0, 0.05) is 17.5 Å². The standard InChI is InChI=1S/C11H13ClN2O2/c1-7(15)14-10-5-8(12)3-4-9(10)11(16)6-13-2/h3-5,13H,6H2,1-2H3,(H,14,15). The Morgan fingerprint density at radius 3 is 2.62 bits per heavy atom. The quantitative estimate of drug-likeness (QED) is 0.788. The number of ketones is 1. The Balaban J connectivity index is 3.06. The molecule has 1 aromatic carbocycles. The van der Waals surface area contributed by atoms with Crippen molar-refractivity contribution in [2.45, 2.75) is 6.92 Å². The molecule has 1 rings (SSSR count). The summed E-state index contributed by atoms with van der Waals surface area (Å²) in [6, 6.07) is 4.79. The van der Waals surface area contributed by atoms with E-state index in [1.807, 2.05) is 0 Å². The lowest BCUT2D eigenvalue weighted by molar-refractivity contribution is -0.114. The van der Waals surface area contributed by atoms with Crippen LogP contribution in [0.1, 0.15) is 17.3 Å². The third-order valence-electron chi connectivity index (χ3n) is 1.93. The van der Waals surface area contributed by atoms with Gasteiger partial charge in [-0.2, -0.15) is 0 Å². The summed E-state index contributed by atoms with van der Waals surface area (Å²) in [5.74, 6) is -0.330. The van der Waals surface area contributed by atoms with E-state index in [0.717, 1.165) is 0 Å². The molecule has 0 aliphatic rings. The van der Waals surface area contributed by atoms with Gasteiger partial charge < -0.3 is 10.6 Å². The van der Waals surface area contributed by atoms with Gasteiger partial charge in [0.2, 0.25) is 5.91 Å². The molecule has 0 atom stereocenters. The molecule has 0 aliphatic heterocycles. The van der Waals surface area contributed by atoms with Crippen LogP contribution in [0.4, 0.5) is 5.69 Å². The van der Waals surface area contributed by atoms with Crippen molar-refractivity contribution < 1.29 is 9.59 Å². The van der Waals surface area contributed by atoms with Gasteiger partial charge in [0.25, 0.3) is 0 Å². The molecule has 1 amide bonds. The Kier molecular flexibility index (Phi) is 4.46. The van der Waals surface area contributed by atoms with E-state index in [0.29, 0.717) is 16.3 Å². The van der Waals surface area contributed by atoms with Crippen molar-refractivity contribution in [1.82, 2.24) is 5.32 Å². The van der Waals surface area contributed by atoms with E-state index in [-0.39, 0.29) is 18.2 Å². The second-order valence-corrected chi connectivity index (χ2v) is 3.76. The van der Waals surface area contributed by atoms with E-state index in [2.05, 4.69) is 10.6 Å². The van der Waals surface area contributed by atoms with Crippen LogP contribution in [-0.2, 0) is 4.79 Å². The minimum absolute atomic E-state index is 0.0945. The first-order valence-corrected chi connectivity index (χ1v) is 5.17. The van der Waals surface area contributed by atoms with Crippen LogP contribution < -0.4 is 10.6 Å². The largest absolute Gasteiger partial charge is 0.326 e. The Morgan fingerprint density at radius 2 is 2.06 bits per heavy atom. The highest BCUT2D eigenvalue weighted by Crippen LogP contribution is 2.21. The van der Waals surface area contributed by atoms with Crippen molar-refractivity contribution in [2.75, 3.05) is 18.9 Å². The number of carbonyl (C=O) groups is 2. The molecule has 0 heterocycles. The summed E-state index contributed by atoms with van der Waals surface area (Å²) in [5, 5.41) is 5.82. The molecule has 0 radical (unpaired) electrons. The summed E-state index contributed by atoms with van der Waals surface area (Å²) >= 11 is 5.80. The Bertz CT molecular complexity index is 418. The number of amides is 1. The number of hydrogen-bond acceptors (Lipinski definition) is 3. The first-order valence-electron chi connectivity index (χ1n) is 4.79. The molecule has 0 bridgehead atoms. The number of anilines is 1. The van der Waals surface area contributed by atoms with Gasteiger partial charge in [-0.1, -0.05) is 11.6 Å². The van der Waals surface area contributed by atoms with Crippen molar-refractivity contribution in [3.05, 3.63) is 28.8 Å². The molecule has 0 aromatic heterocycles. The molecule has 1 aromatic rings. The fourth-order valence-electron chi connectivity index (χ4n) is 1.31. The number of rotatable bonds is 4. The van der Waals surface area contributed by atoms with Gasteiger partial charge in [-0.05, 0) is 25.2 Å². The topological polar surface area (TPSA) is 58.2 Å². The summed E-state index contributed by atoms with van der Waals surface area (Å²) in [6.45, 7) is 1.60. The van der Waals surface area contributed by atoms with Crippen molar-refractivity contribution in [3.63, 3.8) is 0 Å². The van der Waals surface area contributed by atoms with Crippen molar-refractivity contribution in [1.29, 1.82) is 0 Å². The SMILES string of the molecule is CNCC(=O)c1ccc(Cl)cc1NC(C)=O. The van der Waals surface area contributed by atoms with Crippen LogP contribution in [0.3, 0.4) is 0 Å². The Labute approximate surface area is 99.0 Å². The van der Waals surface area contributed by atoms with E-state index in [1.54, 1.807) is 25.2 Å². The van der Waals surface area contributed by atoms with Crippen molar-refractivity contribution in [2.24, 2.45) is 0 Å². The Morgan fingerprint density at radius 1 is 1.38 bits per heavy atom. The number of carbonyl (C=O) groups excluding carboxylic acids is 2. The predicted octanol–water partition coefficient (Wildman–Crippen LogP) is 1.70. The molecule has 0 unspecified atom stereocenters. The smallest absolute Gasteiger partial charge is 0.221 e. The molecule has 0 saturated heterocycles. The second kappa shape index (κ2) is 5.63. The average molecular weight is 241 g/mol. The van der Waals surface area contributed by atoms with Gasteiger partial charge in [-0.3, -0.25) is 9.59 Å². The number of benzene rings is 1. The van der Waals surface area contributed by atoms with Crippen molar-refractivity contribution >= 4 is 29.0 Å². The lowest BCUT2D eigenvalue weighted by Gasteiger charge is -2.09. The second-order valence-electron chi connectivity index (χ2n) is 3.32. The molecule has 16 heavy (non-hydrogen) atoms. The zero-order valence-electron chi connectivity index (χ0n) is 9.13. The molecule has 0 fully saturated rings. The van der Waals surface area contributed by atoms with Crippen LogP contribution >= 0.6 is 11.6 Å². The molecular weight excluding hydrogens is 228 g/mol. The molecule has 0 saturated carbocycles. The van der Waals surface area contributed by atoms with Gasteiger partial charge in [0.1, 0.15) is 0 Å².